The number of alkyl halides is 2. The average molecular weight is 406 g/mol. The lowest BCUT2D eigenvalue weighted by Gasteiger charge is -2.25. The molecule has 0 radical (unpaired) electrons. The van der Waals surface area contributed by atoms with E-state index in [4.69, 9.17) is 9.47 Å². The number of methoxy groups -OCH3 is 1. The molecule has 1 aromatic heterocycles. The first kappa shape index (κ1) is 18.7. The number of morpholine rings is 1. The molecule has 10 heteroatoms. The molecule has 1 aliphatic heterocycles. The number of nitrogens with zero attached hydrogens (tertiary/aromatic N) is 3. The minimum absolute atomic E-state index is 0.441. The van der Waals surface area contributed by atoms with Crippen LogP contribution < -0.4 is 9.64 Å². The highest BCUT2D eigenvalue weighted by Gasteiger charge is 2.16. The number of aromatic nitrogens is 2. The number of ether oxygens (including phenoxy) is 2. The van der Waals surface area contributed by atoms with E-state index >= 15 is 0 Å². The van der Waals surface area contributed by atoms with Crippen LogP contribution in [0.4, 0.5) is 13.9 Å². The molecule has 3 rings (SSSR count). The third-order valence-electron chi connectivity index (χ3n) is 3.48. The van der Waals surface area contributed by atoms with Gasteiger partial charge in [-0.05, 0) is 17.7 Å². The SMILES string of the molecule is COc1cc(CSc2nnc(N3CCOCC3)s2)ccc1SC(F)F. The Morgan fingerprint density at radius 1 is 1.32 bits per heavy atom. The van der Waals surface area contributed by atoms with Crippen LogP contribution >= 0.6 is 34.9 Å². The lowest BCUT2D eigenvalue weighted by atomic mass is 10.2. The molecule has 1 aliphatic rings. The Hall–Kier alpha value is -1.10. The minimum atomic E-state index is -2.46. The summed E-state index contributed by atoms with van der Waals surface area (Å²) in [5, 5.41) is 9.37. The van der Waals surface area contributed by atoms with E-state index in [0.717, 1.165) is 28.1 Å². The highest BCUT2D eigenvalue weighted by molar-refractivity contribution is 8.00. The van der Waals surface area contributed by atoms with Crippen LogP contribution in [0.15, 0.2) is 27.4 Å². The van der Waals surface area contributed by atoms with Crippen LogP contribution in [0, 0.1) is 0 Å². The average Bonchev–Trinajstić information content (AvgIpc) is 3.10. The highest BCUT2D eigenvalue weighted by Crippen LogP contribution is 2.36. The largest absolute Gasteiger partial charge is 0.496 e. The van der Waals surface area contributed by atoms with Gasteiger partial charge in [0.25, 0.3) is 5.76 Å². The number of hydrogen-bond acceptors (Lipinski definition) is 8. The maximum atomic E-state index is 12.5. The zero-order valence-corrected chi connectivity index (χ0v) is 15.9. The van der Waals surface area contributed by atoms with Crippen molar-refractivity contribution in [3.63, 3.8) is 0 Å². The molecule has 1 aromatic carbocycles. The molecule has 0 bridgehead atoms. The fraction of sp³-hybridized carbons (Fsp3) is 0.467. The van der Waals surface area contributed by atoms with E-state index in [1.807, 2.05) is 6.07 Å². The second-order valence-electron chi connectivity index (χ2n) is 5.10. The number of hydrogen-bond donors (Lipinski definition) is 0. The van der Waals surface area contributed by atoms with E-state index in [9.17, 15) is 8.78 Å². The molecule has 0 aliphatic carbocycles. The summed E-state index contributed by atoms with van der Waals surface area (Å²) in [6, 6.07) is 5.30. The van der Waals surface area contributed by atoms with Gasteiger partial charge in [0.15, 0.2) is 4.34 Å². The fourth-order valence-electron chi connectivity index (χ4n) is 2.28. The molecule has 2 heterocycles. The summed E-state index contributed by atoms with van der Waals surface area (Å²) < 4.78 is 36.5. The molecule has 5 nitrogen and oxygen atoms in total. The van der Waals surface area contributed by atoms with Crippen molar-refractivity contribution in [2.45, 2.75) is 20.7 Å². The summed E-state index contributed by atoms with van der Waals surface area (Å²) >= 11 is 3.62. The molecular weight excluding hydrogens is 388 g/mol. The minimum Gasteiger partial charge on any atom is -0.496 e. The number of anilines is 1. The molecule has 0 spiro atoms. The van der Waals surface area contributed by atoms with Crippen molar-refractivity contribution in [1.82, 2.24) is 10.2 Å². The maximum absolute atomic E-state index is 12.5. The Bertz CT molecular complexity index is 696. The van der Waals surface area contributed by atoms with Gasteiger partial charge < -0.3 is 14.4 Å². The molecule has 1 fully saturated rings. The van der Waals surface area contributed by atoms with Crippen LogP contribution in [0.2, 0.25) is 0 Å². The zero-order valence-electron chi connectivity index (χ0n) is 13.5. The van der Waals surface area contributed by atoms with Gasteiger partial charge in [0.2, 0.25) is 5.13 Å². The lowest BCUT2D eigenvalue weighted by molar-refractivity contribution is 0.122. The molecule has 0 amide bonds. The lowest BCUT2D eigenvalue weighted by Crippen LogP contribution is -2.36. The predicted octanol–water partition coefficient (Wildman–Crippen LogP) is 3.99. The van der Waals surface area contributed by atoms with Crippen molar-refractivity contribution < 1.29 is 18.3 Å². The summed E-state index contributed by atoms with van der Waals surface area (Å²) in [6.07, 6.45) is 0. The monoisotopic (exact) mass is 405 g/mol. The number of halogens is 2. The van der Waals surface area contributed by atoms with Crippen LogP contribution in [-0.4, -0.2) is 49.4 Å². The second kappa shape index (κ2) is 9.02. The fourth-order valence-corrected chi connectivity index (χ4v) is 4.72. The van der Waals surface area contributed by atoms with Crippen molar-refractivity contribution in [1.29, 1.82) is 0 Å². The topological polar surface area (TPSA) is 47.5 Å². The summed E-state index contributed by atoms with van der Waals surface area (Å²) in [6.45, 7) is 3.09. The van der Waals surface area contributed by atoms with E-state index in [1.54, 1.807) is 35.2 Å². The van der Waals surface area contributed by atoms with Gasteiger partial charge in [-0.3, -0.25) is 0 Å². The first-order chi connectivity index (χ1) is 12.2. The first-order valence-corrected chi connectivity index (χ1v) is 10.2. The third kappa shape index (κ3) is 5.19. The Labute approximate surface area is 157 Å². The molecule has 0 unspecified atom stereocenters. The smallest absolute Gasteiger partial charge is 0.289 e. The molecule has 136 valence electrons. The second-order valence-corrected chi connectivity index (χ2v) is 8.31. The number of rotatable bonds is 7. The van der Waals surface area contributed by atoms with Gasteiger partial charge >= 0.3 is 0 Å². The number of thioether (sulfide) groups is 2. The van der Waals surface area contributed by atoms with Crippen molar-refractivity contribution in [2.24, 2.45) is 0 Å². The molecule has 0 saturated carbocycles. The van der Waals surface area contributed by atoms with Gasteiger partial charge in [-0.2, -0.15) is 8.78 Å². The first-order valence-electron chi connectivity index (χ1n) is 7.56. The van der Waals surface area contributed by atoms with E-state index in [0.29, 0.717) is 41.4 Å². The Kier molecular flexibility index (Phi) is 6.74. The Morgan fingerprint density at radius 2 is 2.12 bits per heavy atom. The van der Waals surface area contributed by atoms with Crippen LogP contribution in [0.25, 0.3) is 0 Å². The summed E-state index contributed by atoms with van der Waals surface area (Å²) in [5.74, 6) is -1.32. The van der Waals surface area contributed by atoms with Gasteiger partial charge in [-0.1, -0.05) is 40.9 Å². The summed E-state index contributed by atoms with van der Waals surface area (Å²) in [7, 11) is 1.49. The van der Waals surface area contributed by atoms with Crippen LogP contribution in [0.3, 0.4) is 0 Å². The van der Waals surface area contributed by atoms with Gasteiger partial charge in [0.05, 0.1) is 25.2 Å². The van der Waals surface area contributed by atoms with Gasteiger partial charge in [0.1, 0.15) is 5.75 Å². The predicted molar refractivity (Wildman–Crippen MR) is 97.4 cm³/mol. The van der Waals surface area contributed by atoms with Gasteiger partial charge in [-0.25, -0.2) is 0 Å². The van der Waals surface area contributed by atoms with Crippen molar-refractivity contribution >= 4 is 40.0 Å². The molecule has 0 atom stereocenters. The highest BCUT2D eigenvalue weighted by atomic mass is 32.2. The quantitative estimate of drug-likeness (QED) is 0.646. The standard InChI is InChI=1S/C15H17F2N3O2S3/c1-21-11-8-10(2-3-12(11)24-13(16)17)9-23-15-19-18-14(25-15)20-4-6-22-7-5-20/h2-3,8,13H,4-7,9H2,1H3. The summed E-state index contributed by atoms with van der Waals surface area (Å²) in [4.78, 5) is 2.61. The van der Waals surface area contributed by atoms with Gasteiger partial charge in [0, 0.05) is 18.8 Å². The molecule has 2 aromatic rings. The van der Waals surface area contributed by atoms with E-state index < -0.39 is 5.76 Å². The van der Waals surface area contributed by atoms with Crippen LogP contribution in [0.1, 0.15) is 5.56 Å². The molecule has 1 saturated heterocycles. The Morgan fingerprint density at radius 3 is 2.84 bits per heavy atom. The Balaban J connectivity index is 1.60. The number of benzene rings is 1. The summed E-state index contributed by atoms with van der Waals surface area (Å²) in [5.41, 5.74) is 0.989. The van der Waals surface area contributed by atoms with E-state index in [1.165, 1.54) is 7.11 Å². The molecular formula is C15H17F2N3O2S3. The zero-order chi connectivity index (χ0) is 17.6. The van der Waals surface area contributed by atoms with Crippen molar-refractivity contribution in [3.8, 4) is 5.75 Å². The van der Waals surface area contributed by atoms with Gasteiger partial charge in [-0.15, -0.1) is 10.2 Å². The van der Waals surface area contributed by atoms with E-state index in [2.05, 4.69) is 15.1 Å². The van der Waals surface area contributed by atoms with Crippen molar-refractivity contribution in [3.05, 3.63) is 23.8 Å². The molecule has 0 N–H and O–H groups in total. The molecule has 25 heavy (non-hydrogen) atoms. The maximum Gasteiger partial charge on any atom is 0.289 e. The third-order valence-corrected chi connectivity index (χ3v) is 6.44. The van der Waals surface area contributed by atoms with Crippen molar-refractivity contribution in [2.75, 3.05) is 38.3 Å². The van der Waals surface area contributed by atoms with E-state index in [-0.39, 0.29) is 0 Å². The van der Waals surface area contributed by atoms with Crippen LogP contribution in [0.5, 0.6) is 5.75 Å². The van der Waals surface area contributed by atoms with Crippen LogP contribution in [-0.2, 0) is 10.5 Å². The normalized spacial score (nSPS) is 15.0.